The zero-order valence-corrected chi connectivity index (χ0v) is 22.3. The van der Waals surface area contributed by atoms with Gasteiger partial charge in [0.1, 0.15) is 18.2 Å². The summed E-state index contributed by atoms with van der Waals surface area (Å²) in [7, 11) is 0. The van der Waals surface area contributed by atoms with Crippen molar-refractivity contribution in [3.05, 3.63) is 108 Å². The van der Waals surface area contributed by atoms with Crippen LogP contribution in [0.5, 0.6) is 11.5 Å². The largest absolute Gasteiger partial charge is 0.421 e. The second-order valence-electron chi connectivity index (χ2n) is 9.48. The molecule has 0 unspecified atom stereocenters. The molecule has 0 spiro atoms. The van der Waals surface area contributed by atoms with E-state index >= 15 is 0 Å². The first kappa shape index (κ1) is 26.0. The van der Waals surface area contributed by atoms with Gasteiger partial charge in [0.15, 0.2) is 0 Å². The summed E-state index contributed by atoms with van der Waals surface area (Å²) in [5, 5.41) is 0. The first-order chi connectivity index (χ1) is 19.1. The third kappa shape index (κ3) is 5.50. The van der Waals surface area contributed by atoms with Crippen LogP contribution in [0, 0.1) is 0 Å². The Kier molecular flexibility index (Phi) is 7.92. The molecule has 5 rings (SSSR count). The second-order valence-corrected chi connectivity index (χ2v) is 9.48. The van der Waals surface area contributed by atoms with Crippen LogP contribution < -0.4 is 19.3 Å². The highest BCUT2D eigenvalue weighted by molar-refractivity contribution is 6.04. The van der Waals surface area contributed by atoms with E-state index in [-0.39, 0.29) is 6.67 Å². The van der Waals surface area contributed by atoms with Gasteiger partial charge in [-0.3, -0.25) is 9.80 Å². The minimum Gasteiger partial charge on any atom is -0.410 e. The molecule has 1 heterocycles. The maximum Gasteiger partial charge on any atom is 0.421 e. The van der Waals surface area contributed by atoms with E-state index in [0.29, 0.717) is 22.9 Å². The number of rotatable bonds is 6. The van der Waals surface area contributed by atoms with Gasteiger partial charge in [0.05, 0.1) is 11.4 Å². The zero-order valence-electron chi connectivity index (χ0n) is 22.3. The molecule has 198 valence electrons. The van der Waals surface area contributed by atoms with Crippen molar-refractivity contribution in [3.8, 4) is 22.6 Å². The minimum absolute atomic E-state index is 0.0718. The van der Waals surface area contributed by atoms with E-state index in [1.807, 2.05) is 84.9 Å². The van der Waals surface area contributed by atoms with E-state index in [0.717, 1.165) is 47.9 Å². The lowest BCUT2D eigenvalue weighted by Gasteiger charge is -2.28. The summed E-state index contributed by atoms with van der Waals surface area (Å²) >= 11 is 0. The molecular weight excluding hydrogens is 488 g/mol. The molecule has 0 saturated heterocycles. The van der Waals surface area contributed by atoms with Crippen molar-refractivity contribution in [1.82, 2.24) is 0 Å². The molecule has 0 aliphatic carbocycles. The highest BCUT2D eigenvalue weighted by Gasteiger charge is 2.33. The number of nitrogens with zero attached hydrogens (tertiary/aromatic N) is 2. The Hall–Kier alpha value is -4.58. The highest BCUT2D eigenvalue weighted by atomic mass is 16.6. The number of carbonyl (C=O) groups excluding carboxylic acids is 2. The Balaban J connectivity index is 1.54. The predicted octanol–water partition coefficient (Wildman–Crippen LogP) is 8.24. The molecule has 39 heavy (non-hydrogen) atoms. The third-order valence-electron chi connectivity index (χ3n) is 6.78. The lowest BCUT2D eigenvalue weighted by molar-refractivity contribution is 0.202. The number of anilines is 2. The van der Waals surface area contributed by atoms with Crippen LogP contribution in [0.4, 0.5) is 21.0 Å². The molecular formula is C33H32N2O4. The van der Waals surface area contributed by atoms with E-state index in [4.69, 9.17) is 9.47 Å². The van der Waals surface area contributed by atoms with Gasteiger partial charge in [0.25, 0.3) is 0 Å². The lowest BCUT2D eigenvalue weighted by Crippen LogP contribution is -2.46. The molecule has 0 aromatic heterocycles. The summed E-state index contributed by atoms with van der Waals surface area (Å²) in [4.78, 5) is 30.6. The molecule has 0 radical (unpaired) electrons. The summed E-state index contributed by atoms with van der Waals surface area (Å²) in [5.41, 5.74) is 4.89. The van der Waals surface area contributed by atoms with Gasteiger partial charge in [-0.15, -0.1) is 0 Å². The van der Waals surface area contributed by atoms with Gasteiger partial charge >= 0.3 is 12.2 Å². The van der Waals surface area contributed by atoms with Crippen LogP contribution in [0.25, 0.3) is 11.1 Å². The normalized spacial score (nSPS) is 12.3. The van der Waals surface area contributed by atoms with E-state index in [1.165, 1.54) is 9.80 Å². The molecule has 0 bridgehead atoms. The van der Waals surface area contributed by atoms with Crippen molar-refractivity contribution in [3.63, 3.8) is 0 Å². The Labute approximate surface area is 229 Å². The molecule has 6 nitrogen and oxygen atoms in total. The van der Waals surface area contributed by atoms with E-state index in [2.05, 4.69) is 13.8 Å². The molecule has 0 fully saturated rings. The van der Waals surface area contributed by atoms with Crippen LogP contribution in [-0.2, 0) is 12.8 Å². The molecule has 0 N–H and O–H groups in total. The Bertz CT molecular complexity index is 1370. The molecule has 2 amide bonds. The summed E-state index contributed by atoms with van der Waals surface area (Å²) in [5.74, 6) is 1.04. The number of benzene rings is 4. The SMILES string of the molecule is CCCc1ccccc1OC(=O)N1CN(C(=O)Oc2ccccc2CCC)c2ccccc2-c2ccccc21. The van der Waals surface area contributed by atoms with Crippen molar-refractivity contribution in [2.24, 2.45) is 0 Å². The van der Waals surface area contributed by atoms with E-state index in [9.17, 15) is 9.59 Å². The molecule has 0 saturated carbocycles. The Morgan fingerprint density at radius 1 is 0.590 bits per heavy atom. The fourth-order valence-corrected chi connectivity index (χ4v) is 4.94. The number of carbonyl (C=O) groups is 2. The number of amides is 2. The Morgan fingerprint density at radius 3 is 1.41 bits per heavy atom. The second kappa shape index (κ2) is 11.9. The molecule has 0 atom stereocenters. The predicted molar refractivity (Wildman–Crippen MR) is 155 cm³/mol. The van der Waals surface area contributed by atoms with Crippen molar-refractivity contribution in [2.75, 3.05) is 16.5 Å². The first-order valence-corrected chi connectivity index (χ1v) is 13.4. The summed E-state index contributed by atoms with van der Waals surface area (Å²) < 4.78 is 11.9. The van der Waals surface area contributed by atoms with Gasteiger partial charge in [0, 0.05) is 11.1 Å². The lowest BCUT2D eigenvalue weighted by atomic mass is 10.0. The number of para-hydroxylation sites is 4. The highest BCUT2D eigenvalue weighted by Crippen LogP contribution is 2.41. The average molecular weight is 521 g/mol. The van der Waals surface area contributed by atoms with Crippen LogP contribution in [0.3, 0.4) is 0 Å². The van der Waals surface area contributed by atoms with Crippen molar-refractivity contribution in [2.45, 2.75) is 39.5 Å². The van der Waals surface area contributed by atoms with Gasteiger partial charge in [-0.2, -0.15) is 0 Å². The quantitative estimate of drug-likeness (QED) is 0.257. The standard InChI is InChI=1S/C33H32N2O4/c1-3-13-24-15-5-11-21-30(24)38-32(36)34-23-35(33(37)39-31-22-12-6-16-25(31)14-4-2)29-20-10-8-18-27(29)26-17-7-9-19-28(26)34/h5-12,15-22H,3-4,13-14,23H2,1-2H3. The summed E-state index contributed by atoms with van der Waals surface area (Å²) in [6.07, 6.45) is 2.30. The fraction of sp³-hybridized carbons (Fsp3) is 0.212. The van der Waals surface area contributed by atoms with E-state index < -0.39 is 12.2 Å². The number of ether oxygens (including phenoxy) is 2. The topological polar surface area (TPSA) is 59.1 Å². The van der Waals surface area contributed by atoms with Gasteiger partial charge < -0.3 is 9.47 Å². The molecule has 4 aromatic rings. The number of aryl methyl sites for hydroxylation is 2. The van der Waals surface area contributed by atoms with Crippen molar-refractivity contribution in [1.29, 1.82) is 0 Å². The van der Waals surface area contributed by atoms with Crippen LogP contribution >= 0.6 is 0 Å². The molecule has 6 heteroatoms. The zero-order chi connectivity index (χ0) is 27.2. The van der Waals surface area contributed by atoms with Gasteiger partial charge in [-0.1, -0.05) is 99.5 Å². The first-order valence-electron chi connectivity index (χ1n) is 13.4. The average Bonchev–Trinajstić information content (AvgIpc) is 3.11. The number of fused-ring (bicyclic) bond motifs is 3. The fourth-order valence-electron chi connectivity index (χ4n) is 4.94. The minimum atomic E-state index is -0.567. The van der Waals surface area contributed by atoms with Crippen molar-refractivity contribution >= 4 is 23.6 Å². The molecule has 1 aliphatic rings. The molecule has 4 aromatic carbocycles. The maximum atomic E-state index is 13.8. The smallest absolute Gasteiger partial charge is 0.410 e. The van der Waals surface area contributed by atoms with Crippen LogP contribution in [0.15, 0.2) is 97.1 Å². The van der Waals surface area contributed by atoms with Crippen molar-refractivity contribution < 1.29 is 19.1 Å². The van der Waals surface area contributed by atoms with Crippen LogP contribution in [0.2, 0.25) is 0 Å². The summed E-state index contributed by atoms with van der Waals surface area (Å²) in [6, 6.07) is 30.4. The van der Waals surface area contributed by atoms with Gasteiger partial charge in [-0.05, 0) is 48.2 Å². The Morgan fingerprint density at radius 2 is 0.974 bits per heavy atom. The van der Waals surface area contributed by atoms with Crippen LogP contribution in [-0.4, -0.2) is 18.9 Å². The summed E-state index contributed by atoms with van der Waals surface area (Å²) in [6.45, 7) is 4.10. The monoisotopic (exact) mass is 520 g/mol. The maximum absolute atomic E-state index is 13.8. The van der Waals surface area contributed by atoms with Crippen LogP contribution in [0.1, 0.15) is 37.8 Å². The van der Waals surface area contributed by atoms with Gasteiger partial charge in [-0.25, -0.2) is 9.59 Å². The number of hydrogen-bond acceptors (Lipinski definition) is 4. The van der Waals surface area contributed by atoms with E-state index in [1.54, 1.807) is 12.1 Å². The number of hydrogen-bond donors (Lipinski definition) is 0. The molecule has 1 aliphatic heterocycles. The third-order valence-corrected chi connectivity index (χ3v) is 6.78. The van der Waals surface area contributed by atoms with Gasteiger partial charge in [0.2, 0.25) is 0 Å².